The molecular formula is C11H9BrN2O2S. The smallest absolute Gasteiger partial charge is 0.303 e. The summed E-state index contributed by atoms with van der Waals surface area (Å²) in [7, 11) is 0. The zero-order chi connectivity index (χ0) is 12.3. The molecule has 1 N–H and O–H groups in total. The number of aryl methyl sites for hydroxylation is 1. The molecular weight excluding hydrogens is 304 g/mol. The number of carbonyl (C=O) groups is 1. The van der Waals surface area contributed by atoms with Crippen molar-refractivity contribution in [2.45, 2.75) is 12.8 Å². The average Bonchev–Trinajstić information content (AvgIpc) is 2.76. The number of aliphatic carboxylic acids is 1. The first-order valence-corrected chi connectivity index (χ1v) is 6.60. The van der Waals surface area contributed by atoms with E-state index in [9.17, 15) is 4.79 Å². The minimum absolute atomic E-state index is 0.108. The Bertz CT molecular complexity index is 525. The van der Waals surface area contributed by atoms with Gasteiger partial charge in [0.1, 0.15) is 5.01 Å². The summed E-state index contributed by atoms with van der Waals surface area (Å²) in [6.07, 6.45) is 2.28. The lowest BCUT2D eigenvalue weighted by Crippen LogP contribution is -1.97. The largest absolute Gasteiger partial charge is 0.481 e. The van der Waals surface area contributed by atoms with Gasteiger partial charge in [-0.15, -0.1) is 11.3 Å². The van der Waals surface area contributed by atoms with Crippen LogP contribution in [0.4, 0.5) is 0 Å². The predicted octanol–water partition coefficient (Wildman–Crippen LogP) is 2.98. The van der Waals surface area contributed by atoms with Gasteiger partial charge in [0.2, 0.25) is 0 Å². The van der Waals surface area contributed by atoms with Crippen molar-refractivity contribution in [1.29, 1.82) is 0 Å². The molecule has 6 heteroatoms. The lowest BCUT2D eigenvalue weighted by atomic mass is 10.2. The Hall–Kier alpha value is -1.27. The molecule has 0 saturated heterocycles. The Labute approximate surface area is 110 Å². The maximum absolute atomic E-state index is 10.4. The number of aromatic nitrogens is 2. The van der Waals surface area contributed by atoms with Crippen LogP contribution in [0.25, 0.3) is 10.7 Å². The standard InChI is InChI=1S/C11H9BrN2O2S/c12-7-1-3-9(13-5-7)11-14-8(6-17-11)2-4-10(15)16/h1,3,5-6H,2,4H2,(H,15,16). The molecule has 0 bridgehead atoms. The van der Waals surface area contributed by atoms with E-state index in [1.54, 1.807) is 6.20 Å². The zero-order valence-electron chi connectivity index (χ0n) is 8.76. The SMILES string of the molecule is O=C(O)CCc1csc(-c2ccc(Br)cn2)n1. The molecule has 2 aromatic rings. The van der Waals surface area contributed by atoms with E-state index >= 15 is 0 Å². The minimum Gasteiger partial charge on any atom is -0.481 e. The van der Waals surface area contributed by atoms with Crippen molar-refractivity contribution in [3.05, 3.63) is 33.9 Å². The highest BCUT2D eigenvalue weighted by Gasteiger charge is 2.07. The molecule has 2 rings (SSSR count). The molecule has 88 valence electrons. The molecule has 0 spiro atoms. The van der Waals surface area contributed by atoms with Gasteiger partial charge in [0.05, 0.1) is 17.8 Å². The second-order valence-corrected chi connectivity index (χ2v) is 5.17. The van der Waals surface area contributed by atoms with Crippen molar-refractivity contribution in [2.24, 2.45) is 0 Å². The van der Waals surface area contributed by atoms with Gasteiger partial charge in [-0.1, -0.05) is 0 Å². The van der Waals surface area contributed by atoms with Crippen LogP contribution in [-0.4, -0.2) is 21.0 Å². The first-order valence-electron chi connectivity index (χ1n) is 4.93. The molecule has 0 unspecified atom stereocenters. The topological polar surface area (TPSA) is 63.1 Å². The summed E-state index contributed by atoms with van der Waals surface area (Å²) < 4.78 is 0.920. The van der Waals surface area contributed by atoms with E-state index < -0.39 is 5.97 Å². The van der Waals surface area contributed by atoms with E-state index in [2.05, 4.69) is 25.9 Å². The van der Waals surface area contributed by atoms with E-state index in [0.717, 1.165) is 20.9 Å². The lowest BCUT2D eigenvalue weighted by Gasteiger charge is -1.95. The molecule has 2 heterocycles. The van der Waals surface area contributed by atoms with Crippen LogP contribution in [0.2, 0.25) is 0 Å². The first-order chi connectivity index (χ1) is 8.15. The average molecular weight is 313 g/mol. The van der Waals surface area contributed by atoms with Gasteiger partial charge >= 0.3 is 5.97 Å². The maximum Gasteiger partial charge on any atom is 0.303 e. The predicted molar refractivity (Wildman–Crippen MR) is 69.0 cm³/mol. The second kappa shape index (κ2) is 5.37. The molecule has 0 aromatic carbocycles. The molecule has 2 aromatic heterocycles. The molecule has 0 aliphatic rings. The zero-order valence-corrected chi connectivity index (χ0v) is 11.2. The van der Waals surface area contributed by atoms with E-state index in [4.69, 9.17) is 5.11 Å². The number of hydrogen-bond donors (Lipinski definition) is 1. The van der Waals surface area contributed by atoms with Gasteiger partial charge in [-0.2, -0.15) is 0 Å². The summed E-state index contributed by atoms with van der Waals surface area (Å²) in [5.74, 6) is -0.804. The molecule has 0 atom stereocenters. The van der Waals surface area contributed by atoms with Crippen LogP contribution in [0.5, 0.6) is 0 Å². The van der Waals surface area contributed by atoms with Crippen molar-refractivity contribution in [2.75, 3.05) is 0 Å². The number of rotatable bonds is 4. The number of pyridine rings is 1. The van der Waals surface area contributed by atoms with Crippen LogP contribution in [-0.2, 0) is 11.2 Å². The van der Waals surface area contributed by atoms with Crippen LogP contribution < -0.4 is 0 Å². The van der Waals surface area contributed by atoms with Gasteiger partial charge in [0.15, 0.2) is 0 Å². The van der Waals surface area contributed by atoms with E-state index in [1.807, 2.05) is 17.5 Å². The van der Waals surface area contributed by atoms with Crippen LogP contribution in [0.3, 0.4) is 0 Å². The fraction of sp³-hybridized carbons (Fsp3) is 0.182. The third-order valence-corrected chi connectivity index (χ3v) is 3.48. The summed E-state index contributed by atoms with van der Waals surface area (Å²) in [4.78, 5) is 19.0. The van der Waals surface area contributed by atoms with Crippen LogP contribution in [0.15, 0.2) is 28.2 Å². The molecule has 0 radical (unpaired) electrons. The third-order valence-electron chi connectivity index (χ3n) is 2.09. The number of carboxylic acids is 1. The van der Waals surface area contributed by atoms with Crippen molar-refractivity contribution >= 4 is 33.2 Å². The van der Waals surface area contributed by atoms with Gasteiger partial charge in [0, 0.05) is 22.5 Å². The second-order valence-electron chi connectivity index (χ2n) is 3.40. The van der Waals surface area contributed by atoms with Gasteiger partial charge in [-0.3, -0.25) is 9.78 Å². The number of hydrogen-bond acceptors (Lipinski definition) is 4. The summed E-state index contributed by atoms with van der Waals surface area (Å²) in [6.45, 7) is 0. The van der Waals surface area contributed by atoms with Crippen LogP contribution in [0.1, 0.15) is 12.1 Å². The quantitative estimate of drug-likeness (QED) is 0.942. The number of carboxylic acid groups (broad SMARTS) is 1. The Morgan fingerprint density at radius 2 is 2.29 bits per heavy atom. The Kier molecular flexibility index (Phi) is 3.86. The van der Waals surface area contributed by atoms with Gasteiger partial charge in [-0.05, 0) is 28.1 Å². The Balaban J connectivity index is 2.12. The minimum atomic E-state index is -0.804. The van der Waals surface area contributed by atoms with E-state index in [-0.39, 0.29) is 6.42 Å². The third kappa shape index (κ3) is 3.34. The number of halogens is 1. The molecule has 0 fully saturated rings. The molecule has 0 saturated carbocycles. The monoisotopic (exact) mass is 312 g/mol. The van der Waals surface area contributed by atoms with Crippen molar-refractivity contribution in [3.63, 3.8) is 0 Å². The summed E-state index contributed by atoms with van der Waals surface area (Å²) in [5.41, 5.74) is 1.61. The fourth-order valence-electron chi connectivity index (χ4n) is 1.28. The van der Waals surface area contributed by atoms with Gasteiger partial charge < -0.3 is 5.11 Å². The van der Waals surface area contributed by atoms with Gasteiger partial charge in [-0.25, -0.2) is 4.98 Å². The molecule has 0 aliphatic carbocycles. The highest BCUT2D eigenvalue weighted by molar-refractivity contribution is 9.10. The van der Waals surface area contributed by atoms with Crippen LogP contribution in [0, 0.1) is 0 Å². The highest BCUT2D eigenvalue weighted by Crippen LogP contribution is 2.23. The maximum atomic E-state index is 10.4. The first kappa shape index (κ1) is 12.2. The normalized spacial score (nSPS) is 10.4. The molecule has 0 amide bonds. The van der Waals surface area contributed by atoms with E-state index in [1.165, 1.54) is 11.3 Å². The lowest BCUT2D eigenvalue weighted by molar-refractivity contribution is -0.136. The summed E-state index contributed by atoms with van der Waals surface area (Å²) >= 11 is 4.80. The summed E-state index contributed by atoms with van der Waals surface area (Å²) in [6, 6.07) is 3.78. The van der Waals surface area contributed by atoms with E-state index in [0.29, 0.717) is 6.42 Å². The van der Waals surface area contributed by atoms with Crippen molar-refractivity contribution in [1.82, 2.24) is 9.97 Å². The summed E-state index contributed by atoms with van der Waals surface area (Å²) in [5, 5.41) is 11.3. The van der Waals surface area contributed by atoms with Crippen molar-refractivity contribution in [3.8, 4) is 10.7 Å². The van der Waals surface area contributed by atoms with Gasteiger partial charge in [0.25, 0.3) is 0 Å². The number of thiazole rings is 1. The molecule has 4 nitrogen and oxygen atoms in total. The fourth-order valence-corrected chi connectivity index (χ4v) is 2.34. The Morgan fingerprint density at radius 1 is 1.47 bits per heavy atom. The number of nitrogens with zero attached hydrogens (tertiary/aromatic N) is 2. The molecule has 17 heavy (non-hydrogen) atoms. The van der Waals surface area contributed by atoms with Crippen LogP contribution >= 0.6 is 27.3 Å². The highest BCUT2D eigenvalue weighted by atomic mass is 79.9. The molecule has 0 aliphatic heterocycles. The Morgan fingerprint density at radius 3 is 2.94 bits per heavy atom. The van der Waals surface area contributed by atoms with Crippen molar-refractivity contribution < 1.29 is 9.90 Å².